The van der Waals surface area contributed by atoms with Crippen LogP contribution in [-0.4, -0.2) is 26.1 Å². The van der Waals surface area contributed by atoms with E-state index in [-0.39, 0.29) is 5.82 Å². The summed E-state index contributed by atoms with van der Waals surface area (Å²) in [5.41, 5.74) is 5.17. The topological polar surface area (TPSA) is 55.6 Å². The molecule has 3 heterocycles. The smallest absolute Gasteiger partial charge is 0.223 e. The molecule has 3 aromatic rings. The SMILES string of the molecule is CCNc1nccc(-c2c(-c3ccc(F)cc3)nc3n2[C@H](C=C2CCCC2)CC3)n1. The zero-order valence-electron chi connectivity index (χ0n) is 17.2. The van der Waals surface area contributed by atoms with Gasteiger partial charge < -0.3 is 9.88 Å². The van der Waals surface area contributed by atoms with Crippen LogP contribution in [0.4, 0.5) is 10.3 Å². The first kappa shape index (κ1) is 19.0. The Kier molecular flexibility index (Phi) is 5.07. The highest BCUT2D eigenvalue weighted by Gasteiger charge is 2.30. The molecular formula is C24H26FN5. The number of hydrogen-bond acceptors (Lipinski definition) is 4. The van der Waals surface area contributed by atoms with E-state index < -0.39 is 0 Å². The molecule has 6 heteroatoms. The second-order valence-corrected chi connectivity index (χ2v) is 8.04. The molecule has 0 saturated heterocycles. The van der Waals surface area contributed by atoms with Crippen LogP contribution in [0.15, 0.2) is 48.2 Å². The van der Waals surface area contributed by atoms with Crippen molar-refractivity contribution in [2.75, 3.05) is 11.9 Å². The number of fused-ring (bicyclic) bond motifs is 1. The fourth-order valence-electron chi connectivity index (χ4n) is 4.63. The van der Waals surface area contributed by atoms with E-state index in [0.29, 0.717) is 12.0 Å². The third-order valence-electron chi connectivity index (χ3n) is 6.00. The fourth-order valence-corrected chi connectivity index (χ4v) is 4.63. The number of anilines is 1. The molecule has 5 nitrogen and oxygen atoms in total. The van der Waals surface area contributed by atoms with Crippen LogP contribution in [0.5, 0.6) is 0 Å². The molecule has 1 aliphatic heterocycles. The maximum Gasteiger partial charge on any atom is 0.223 e. The summed E-state index contributed by atoms with van der Waals surface area (Å²) >= 11 is 0. The fraction of sp³-hybridized carbons (Fsp3) is 0.375. The number of rotatable bonds is 5. The van der Waals surface area contributed by atoms with Gasteiger partial charge in [-0.3, -0.25) is 0 Å². The van der Waals surface area contributed by atoms with Crippen LogP contribution in [0, 0.1) is 5.82 Å². The van der Waals surface area contributed by atoms with Gasteiger partial charge in [0.2, 0.25) is 5.95 Å². The third kappa shape index (κ3) is 3.51. The first-order valence-corrected chi connectivity index (χ1v) is 10.9. The highest BCUT2D eigenvalue weighted by Crippen LogP contribution is 2.41. The van der Waals surface area contributed by atoms with E-state index in [9.17, 15) is 4.39 Å². The summed E-state index contributed by atoms with van der Waals surface area (Å²) in [6.45, 7) is 2.79. The first-order valence-electron chi connectivity index (χ1n) is 10.9. The Labute approximate surface area is 176 Å². The Balaban J connectivity index is 1.67. The van der Waals surface area contributed by atoms with Gasteiger partial charge in [-0.2, -0.15) is 0 Å². The molecule has 1 fully saturated rings. The van der Waals surface area contributed by atoms with Gasteiger partial charge in [-0.15, -0.1) is 0 Å². The van der Waals surface area contributed by atoms with Gasteiger partial charge in [-0.1, -0.05) is 11.6 Å². The molecule has 0 spiro atoms. The summed E-state index contributed by atoms with van der Waals surface area (Å²) < 4.78 is 15.9. The quantitative estimate of drug-likeness (QED) is 0.566. The normalized spacial score (nSPS) is 17.9. The lowest BCUT2D eigenvalue weighted by molar-refractivity contribution is 0.628. The number of nitrogens with one attached hydrogen (secondary N) is 1. The molecule has 1 saturated carbocycles. The number of nitrogens with zero attached hydrogens (tertiary/aromatic N) is 4. The summed E-state index contributed by atoms with van der Waals surface area (Å²) in [5, 5.41) is 3.20. The number of aromatic nitrogens is 4. The molecule has 2 aliphatic rings. The van der Waals surface area contributed by atoms with Crippen molar-refractivity contribution < 1.29 is 4.39 Å². The molecule has 1 aromatic carbocycles. The second kappa shape index (κ2) is 8.01. The molecule has 1 aliphatic carbocycles. The lowest BCUT2D eigenvalue weighted by atomic mass is 10.1. The minimum absolute atomic E-state index is 0.243. The van der Waals surface area contributed by atoms with Crippen molar-refractivity contribution in [2.45, 2.75) is 51.5 Å². The zero-order chi connectivity index (χ0) is 20.5. The van der Waals surface area contributed by atoms with Crippen molar-refractivity contribution in [3.05, 3.63) is 59.8 Å². The van der Waals surface area contributed by atoms with Gasteiger partial charge in [0.1, 0.15) is 11.6 Å². The lowest BCUT2D eigenvalue weighted by Crippen LogP contribution is -2.07. The lowest BCUT2D eigenvalue weighted by Gasteiger charge is -2.16. The van der Waals surface area contributed by atoms with Gasteiger partial charge in [-0.05, 0) is 69.4 Å². The Morgan fingerprint density at radius 1 is 1.10 bits per heavy atom. The molecule has 0 amide bonds. The third-order valence-corrected chi connectivity index (χ3v) is 6.00. The molecular weight excluding hydrogens is 377 g/mol. The largest absolute Gasteiger partial charge is 0.354 e. The molecule has 0 unspecified atom stereocenters. The van der Waals surface area contributed by atoms with Crippen LogP contribution in [0.25, 0.3) is 22.6 Å². The number of imidazole rings is 1. The summed E-state index contributed by atoms with van der Waals surface area (Å²) in [6.07, 6.45) is 11.2. The monoisotopic (exact) mass is 403 g/mol. The Morgan fingerprint density at radius 2 is 1.90 bits per heavy atom. The molecule has 2 aromatic heterocycles. The predicted molar refractivity (Wildman–Crippen MR) is 117 cm³/mol. The molecule has 30 heavy (non-hydrogen) atoms. The van der Waals surface area contributed by atoms with Crippen molar-refractivity contribution in [3.63, 3.8) is 0 Å². The number of aryl methyl sites for hydroxylation is 1. The highest BCUT2D eigenvalue weighted by atomic mass is 19.1. The van der Waals surface area contributed by atoms with Gasteiger partial charge in [0.25, 0.3) is 0 Å². The molecule has 1 atom stereocenters. The minimum atomic E-state index is -0.243. The molecule has 5 rings (SSSR count). The van der Waals surface area contributed by atoms with E-state index in [1.165, 1.54) is 37.8 Å². The molecule has 1 N–H and O–H groups in total. The average Bonchev–Trinajstić information content (AvgIpc) is 3.48. The van der Waals surface area contributed by atoms with Gasteiger partial charge in [0, 0.05) is 24.7 Å². The maximum atomic E-state index is 13.6. The number of hydrogen-bond donors (Lipinski definition) is 1. The molecule has 0 bridgehead atoms. The van der Waals surface area contributed by atoms with E-state index in [4.69, 9.17) is 9.97 Å². The van der Waals surface area contributed by atoms with Crippen molar-refractivity contribution >= 4 is 5.95 Å². The van der Waals surface area contributed by atoms with Crippen LogP contribution in [0.3, 0.4) is 0 Å². The van der Waals surface area contributed by atoms with Crippen molar-refractivity contribution in [1.82, 2.24) is 19.5 Å². The molecule has 154 valence electrons. The maximum absolute atomic E-state index is 13.6. The number of allylic oxidation sites excluding steroid dienone is 2. The Bertz CT molecular complexity index is 1080. The second-order valence-electron chi connectivity index (χ2n) is 8.04. The standard InChI is InChI=1S/C24H26FN5/c1-2-26-24-27-14-13-20(28-24)23-22(17-7-9-18(25)10-8-17)29-21-12-11-19(30(21)23)15-16-5-3-4-6-16/h7-10,13-15,19H,2-6,11-12H2,1H3,(H,26,27,28)/t19-/m0/s1. The van der Waals surface area contributed by atoms with Crippen LogP contribution < -0.4 is 5.32 Å². The average molecular weight is 404 g/mol. The Morgan fingerprint density at radius 3 is 2.67 bits per heavy atom. The predicted octanol–water partition coefficient (Wildman–Crippen LogP) is 5.57. The van der Waals surface area contributed by atoms with E-state index in [1.54, 1.807) is 23.9 Å². The highest BCUT2D eigenvalue weighted by molar-refractivity contribution is 5.78. The van der Waals surface area contributed by atoms with Crippen molar-refractivity contribution in [3.8, 4) is 22.6 Å². The zero-order valence-corrected chi connectivity index (χ0v) is 17.2. The van der Waals surface area contributed by atoms with Gasteiger partial charge in [-0.25, -0.2) is 19.3 Å². The number of benzene rings is 1. The Hall–Kier alpha value is -3.02. The molecule has 0 radical (unpaired) electrons. The van der Waals surface area contributed by atoms with Gasteiger partial charge in [0.15, 0.2) is 0 Å². The van der Waals surface area contributed by atoms with Gasteiger partial charge in [0.05, 0.1) is 23.1 Å². The van der Waals surface area contributed by atoms with Crippen molar-refractivity contribution in [2.24, 2.45) is 0 Å². The summed E-state index contributed by atoms with van der Waals surface area (Å²) in [4.78, 5) is 14.1. The van der Waals surface area contributed by atoms with Crippen LogP contribution in [-0.2, 0) is 6.42 Å². The van der Waals surface area contributed by atoms with Crippen LogP contribution in [0.1, 0.15) is 50.9 Å². The van der Waals surface area contributed by atoms with Crippen molar-refractivity contribution in [1.29, 1.82) is 0 Å². The van der Waals surface area contributed by atoms with E-state index in [1.807, 2.05) is 13.0 Å². The van der Waals surface area contributed by atoms with Gasteiger partial charge >= 0.3 is 0 Å². The number of halogens is 1. The van der Waals surface area contributed by atoms with E-state index >= 15 is 0 Å². The summed E-state index contributed by atoms with van der Waals surface area (Å²) in [5.74, 6) is 1.44. The first-order chi connectivity index (χ1) is 14.7. The van der Waals surface area contributed by atoms with Crippen LogP contribution >= 0.6 is 0 Å². The van der Waals surface area contributed by atoms with Crippen LogP contribution in [0.2, 0.25) is 0 Å². The van der Waals surface area contributed by atoms with E-state index in [0.717, 1.165) is 47.9 Å². The van der Waals surface area contributed by atoms with E-state index in [2.05, 4.69) is 20.9 Å². The summed E-state index contributed by atoms with van der Waals surface area (Å²) in [7, 11) is 0. The minimum Gasteiger partial charge on any atom is -0.354 e. The summed E-state index contributed by atoms with van der Waals surface area (Å²) in [6, 6.07) is 8.82.